The predicted molar refractivity (Wildman–Crippen MR) is 74.7 cm³/mol. The summed E-state index contributed by atoms with van der Waals surface area (Å²) in [6, 6.07) is 0. The van der Waals surface area contributed by atoms with Crippen LogP contribution in [0.3, 0.4) is 0 Å². The molecule has 2 atom stereocenters. The van der Waals surface area contributed by atoms with Crippen molar-refractivity contribution in [2.45, 2.75) is 41.8 Å². The number of tetrazole rings is 1. The van der Waals surface area contributed by atoms with E-state index in [1.807, 2.05) is 11.7 Å². The van der Waals surface area contributed by atoms with Gasteiger partial charge in [0.25, 0.3) is 0 Å². The zero-order valence-corrected chi connectivity index (χ0v) is 12.6. The lowest BCUT2D eigenvalue weighted by molar-refractivity contribution is -0.0770. The lowest BCUT2D eigenvalue weighted by Crippen LogP contribution is -2.41. The fraction of sp³-hybridized carbons (Fsp3) is 0.917. The number of nitrogens with one attached hydrogen (secondary N) is 1. The van der Waals surface area contributed by atoms with E-state index < -0.39 is 0 Å². The molecule has 2 aliphatic rings. The van der Waals surface area contributed by atoms with Crippen LogP contribution in [0.2, 0.25) is 0 Å². The third kappa shape index (κ3) is 3.13. The van der Waals surface area contributed by atoms with Crippen molar-refractivity contribution in [3.8, 4) is 0 Å². The maximum atomic E-state index is 5.96. The average molecular weight is 299 g/mol. The molecule has 0 aliphatic carbocycles. The Morgan fingerprint density at radius 1 is 1.50 bits per heavy atom. The molecule has 0 amide bonds. The van der Waals surface area contributed by atoms with Crippen molar-refractivity contribution in [3.05, 3.63) is 0 Å². The SMILES string of the molecule is CNCCn1nnnc1SC1CCOC2(CCOC2)C1. The summed E-state index contributed by atoms with van der Waals surface area (Å²) in [4.78, 5) is 0. The normalized spacial score (nSPS) is 30.1. The van der Waals surface area contributed by atoms with E-state index >= 15 is 0 Å². The molecule has 2 aliphatic heterocycles. The van der Waals surface area contributed by atoms with Gasteiger partial charge in [-0.05, 0) is 30.3 Å². The molecule has 1 N–H and O–H groups in total. The van der Waals surface area contributed by atoms with Gasteiger partial charge in [0, 0.05) is 31.4 Å². The van der Waals surface area contributed by atoms with Gasteiger partial charge in [-0.25, -0.2) is 4.68 Å². The highest BCUT2D eigenvalue weighted by molar-refractivity contribution is 7.99. The Morgan fingerprint density at radius 3 is 3.25 bits per heavy atom. The van der Waals surface area contributed by atoms with E-state index in [4.69, 9.17) is 9.47 Å². The molecule has 8 heteroatoms. The summed E-state index contributed by atoms with van der Waals surface area (Å²) < 4.78 is 13.3. The van der Waals surface area contributed by atoms with Crippen molar-refractivity contribution in [1.82, 2.24) is 25.5 Å². The predicted octanol–water partition coefficient (Wildman–Crippen LogP) is 0.323. The molecule has 7 nitrogen and oxygen atoms in total. The largest absolute Gasteiger partial charge is 0.378 e. The minimum absolute atomic E-state index is 0.0564. The fourth-order valence-corrected chi connectivity index (χ4v) is 3.97. The van der Waals surface area contributed by atoms with Crippen molar-refractivity contribution in [2.24, 2.45) is 0 Å². The van der Waals surface area contributed by atoms with Gasteiger partial charge in [0.1, 0.15) is 0 Å². The summed E-state index contributed by atoms with van der Waals surface area (Å²) >= 11 is 1.77. The standard InChI is InChI=1S/C12H21N5O2S/c1-13-4-5-17-11(14-15-16-17)20-10-2-6-19-12(8-10)3-7-18-9-12/h10,13H,2-9H2,1H3. The number of hydrogen-bond acceptors (Lipinski definition) is 7. The second-order valence-corrected chi connectivity index (χ2v) is 6.62. The molecule has 1 aromatic rings. The van der Waals surface area contributed by atoms with Crippen molar-refractivity contribution >= 4 is 11.8 Å². The van der Waals surface area contributed by atoms with Crippen LogP contribution < -0.4 is 5.32 Å². The van der Waals surface area contributed by atoms with Crippen LogP contribution >= 0.6 is 11.8 Å². The van der Waals surface area contributed by atoms with Gasteiger partial charge in [0.05, 0.1) is 18.8 Å². The topological polar surface area (TPSA) is 74.1 Å². The molecule has 1 spiro atoms. The van der Waals surface area contributed by atoms with Crippen molar-refractivity contribution in [2.75, 3.05) is 33.4 Å². The molecular weight excluding hydrogens is 278 g/mol. The lowest BCUT2D eigenvalue weighted by atomic mass is 9.93. The summed E-state index contributed by atoms with van der Waals surface area (Å²) in [6.45, 7) is 4.01. The van der Waals surface area contributed by atoms with E-state index in [1.54, 1.807) is 11.8 Å². The van der Waals surface area contributed by atoms with Crippen LogP contribution in [0.25, 0.3) is 0 Å². The molecule has 0 radical (unpaired) electrons. The zero-order chi connectivity index (χ0) is 13.8. The Bertz CT molecular complexity index is 435. The van der Waals surface area contributed by atoms with E-state index in [-0.39, 0.29) is 5.60 Å². The first-order chi connectivity index (χ1) is 9.81. The second-order valence-electron chi connectivity index (χ2n) is 5.35. The highest BCUT2D eigenvalue weighted by Crippen LogP contribution is 2.39. The van der Waals surface area contributed by atoms with E-state index in [9.17, 15) is 0 Å². The molecule has 2 unspecified atom stereocenters. The molecule has 3 heterocycles. The molecule has 0 bridgehead atoms. The quantitative estimate of drug-likeness (QED) is 0.839. The third-order valence-electron chi connectivity index (χ3n) is 3.86. The number of aromatic nitrogens is 4. The van der Waals surface area contributed by atoms with Crippen LogP contribution in [-0.4, -0.2) is 64.5 Å². The third-order valence-corrected chi connectivity index (χ3v) is 5.10. The number of rotatable bonds is 5. The van der Waals surface area contributed by atoms with Gasteiger partial charge in [-0.1, -0.05) is 11.8 Å². The molecule has 112 valence electrons. The summed E-state index contributed by atoms with van der Waals surface area (Å²) in [5.41, 5.74) is -0.0564. The lowest BCUT2D eigenvalue weighted by Gasteiger charge is -2.36. The molecule has 2 fully saturated rings. The van der Waals surface area contributed by atoms with Crippen LogP contribution in [0.1, 0.15) is 19.3 Å². The van der Waals surface area contributed by atoms with Crippen molar-refractivity contribution < 1.29 is 9.47 Å². The van der Waals surface area contributed by atoms with Gasteiger partial charge >= 0.3 is 0 Å². The van der Waals surface area contributed by atoms with Gasteiger partial charge in [-0.3, -0.25) is 0 Å². The summed E-state index contributed by atoms with van der Waals surface area (Å²) in [5.74, 6) is 0. The van der Waals surface area contributed by atoms with Crippen LogP contribution in [0.4, 0.5) is 0 Å². The molecule has 1 aromatic heterocycles. The Hall–Kier alpha value is -0.700. The van der Waals surface area contributed by atoms with E-state index in [0.29, 0.717) is 5.25 Å². The van der Waals surface area contributed by atoms with E-state index in [2.05, 4.69) is 20.8 Å². The minimum atomic E-state index is -0.0564. The van der Waals surface area contributed by atoms with Gasteiger partial charge in [0.2, 0.25) is 5.16 Å². The number of nitrogens with zero attached hydrogens (tertiary/aromatic N) is 4. The zero-order valence-electron chi connectivity index (χ0n) is 11.7. The maximum absolute atomic E-state index is 5.96. The number of hydrogen-bond donors (Lipinski definition) is 1. The first-order valence-electron chi connectivity index (χ1n) is 7.10. The van der Waals surface area contributed by atoms with Crippen LogP contribution in [0, 0.1) is 0 Å². The fourth-order valence-electron chi connectivity index (χ4n) is 2.73. The smallest absolute Gasteiger partial charge is 0.209 e. The van der Waals surface area contributed by atoms with Crippen LogP contribution in [-0.2, 0) is 16.0 Å². The molecular formula is C12H21N5O2S. The Morgan fingerprint density at radius 2 is 2.45 bits per heavy atom. The Balaban J connectivity index is 1.61. The molecule has 20 heavy (non-hydrogen) atoms. The first-order valence-corrected chi connectivity index (χ1v) is 7.98. The highest BCUT2D eigenvalue weighted by Gasteiger charge is 2.41. The van der Waals surface area contributed by atoms with Crippen molar-refractivity contribution in [3.63, 3.8) is 0 Å². The minimum Gasteiger partial charge on any atom is -0.378 e. The average Bonchev–Trinajstić information content (AvgIpc) is 3.07. The van der Waals surface area contributed by atoms with E-state index in [1.165, 1.54) is 0 Å². The summed E-state index contributed by atoms with van der Waals surface area (Å²) in [7, 11) is 1.93. The van der Waals surface area contributed by atoms with Gasteiger partial charge < -0.3 is 14.8 Å². The number of ether oxygens (including phenoxy) is 2. The molecule has 0 saturated carbocycles. The number of likely N-dealkylation sites (N-methyl/N-ethyl adjacent to an activating group) is 1. The Labute approximate surface area is 122 Å². The van der Waals surface area contributed by atoms with Crippen LogP contribution in [0.15, 0.2) is 5.16 Å². The summed E-state index contributed by atoms with van der Waals surface area (Å²) in [5, 5.41) is 16.5. The van der Waals surface area contributed by atoms with E-state index in [0.717, 1.165) is 57.3 Å². The summed E-state index contributed by atoms with van der Waals surface area (Å²) in [6.07, 6.45) is 3.08. The first kappa shape index (κ1) is 14.2. The van der Waals surface area contributed by atoms with Crippen molar-refractivity contribution in [1.29, 1.82) is 0 Å². The van der Waals surface area contributed by atoms with Gasteiger partial charge in [-0.2, -0.15) is 0 Å². The maximum Gasteiger partial charge on any atom is 0.209 e. The number of thioether (sulfide) groups is 1. The van der Waals surface area contributed by atoms with Gasteiger partial charge in [0.15, 0.2) is 0 Å². The molecule has 2 saturated heterocycles. The van der Waals surface area contributed by atoms with Gasteiger partial charge in [-0.15, -0.1) is 5.10 Å². The Kier molecular flexibility index (Phi) is 4.54. The molecule has 0 aromatic carbocycles. The highest BCUT2D eigenvalue weighted by atomic mass is 32.2. The van der Waals surface area contributed by atoms with Crippen LogP contribution in [0.5, 0.6) is 0 Å². The molecule has 3 rings (SSSR count). The second kappa shape index (κ2) is 6.38. The monoisotopic (exact) mass is 299 g/mol.